The summed E-state index contributed by atoms with van der Waals surface area (Å²) in [6.07, 6.45) is -0.972. The average molecular weight is 842 g/mol. The van der Waals surface area contributed by atoms with Crippen molar-refractivity contribution in [1.82, 2.24) is 15.0 Å². The molecule has 14 heteroatoms. The zero-order chi connectivity index (χ0) is 43.9. The summed E-state index contributed by atoms with van der Waals surface area (Å²) in [4.78, 5) is 48.8. The second-order valence-electron chi connectivity index (χ2n) is 19.4. The summed E-state index contributed by atoms with van der Waals surface area (Å²) in [7, 11) is 4.42. The van der Waals surface area contributed by atoms with E-state index in [9.17, 15) is 9.90 Å². The van der Waals surface area contributed by atoms with Gasteiger partial charge in [-0.15, -0.1) is 0 Å². The van der Waals surface area contributed by atoms with Crippen molar-refractivity contribution in [3.8, 4) is 11.6 Å². The van der Waals surface area contributed by atoms with E-state index >= 15 is 14.0 Å². The first-order valence-corrected chi connectivity index (χ1v) is 23.3. The molecule has 1 heterocycles. The quantitative estimate of drug-likeness (QED) is 0.0744. The summed E-state index contributed by atoms with van der Waals surface area (Å²) >= 11 is 0. The largest absolute Gasteiger partial charge is 0.514 e. The number of carbonyl (C=O) groups excluding carboxylic acids is 3. The van der Waals surface area contributed by atoms with Crippen molar-refractivity contribution in [1.29, 1.82) is 0 Å². The summed E-state index contributed by atoms with van der Waals surface area (Å²) in [6, 6.07) is 13.8. The normalized spacial score (nSPS) is 21.8. The van der Waals surface area contributed by atoms with Gasteiger partial charge in [-0.05, 0) is 108 Å². The van der Waals surface area contributed by atoms with Crippen molar-refractivity contribution in [2.45, 2.75) is 103 Å². The molecule has 4 atom stereocenters. The highest BCUT2D eigenvalue weighted by molar-refractivity contribution is 6.74. The first kappa shape index (κ1) is 43.2. The van der Waals surface area contributed by atoms with Gasteiger partial charge in [0.1, 0.15) is 29.3 Å². The fraction of sp³-hybridized carbons (Fsp3) is 0.478. The number of fused-ring (bicyclic) bond motifs is 5. The second-order valence-corrected chi connectivity index (χ2v) is 24.1. The molecule has 1 fully saturated rings. The van der Waals surface area contributed by atoms with Gasteiger partial charge in [0.05, 0.1) is 11.6 Å². The smallest absolute Gasteiger partial charge is 0.507 e. The number of aromatic nitrogens is 1. The van der Waals surface area contributed by atoms with Crippen LogP contribution in [0.4, 0.5) is 9.18 Å². The molecule has 1 N–H and O–H groups in total. The molecule has 4 aromatic rings. The van der Waals surface area contributed by atoms with E-state index in [0.717, 1.165) is 11.1 Å². The van der Waals surface area contributed by atoms with Crippen LogP contribution in [0.25, 0.3) is 16.5 Å². The molecule has 0 radical (unpaired) electrons. The molecular formula is C46H56FN3O9Si. The van der Waals surface area contributed by atoms with E-state index < -0.39 is 71.7 Å². The molecule has 12 nitrogen and oxygen atoms in total. The number of Topliss-reactive ketones (excluding diaryl/α,β-unsaturated/α-hetero) is 2. The Kier molecular flexibility index (Phi) is 11.0. The van der Waals surface area contributed by atoms with Crippen LogP contribution in [-0.2, 0) is 33.5 Å². The number of aliphatic hydroxyl groups is 1. The van der Waals surface area contributed by atoms with Crippen molar-refractivity contribution >= 4 is 42.6 Å². The zero-order valence-corrected chi connectivity index (χ0v) is 37.6. The van der Waals surface area contributed by atoms with E-state index in [0.29, 0.717) is 6.54 Å². The number of rotatable bonds is 9. The van der Waals surface area contributed by atoms with Crippen LogP contribution in [0.3, 0.4) is 0 Å². The van der Waals surface area contributed by atoms with Crippen molar-refractivity contribution in [2.75, 3.05) is 28.2 Å². The number of halogens is 1. The maximum absolute atomic E-state index is 17.1. The second kappa shape index (κ2) is 15.2. The van der Waals surface area contributed by atoms with Gasteiger partial charge >= 0.3 is 6.16 Å². The lowest BCUT2D eigenvalue weighted by atomic mass is 9.57. The first-order chi connectivity index (χ1) is 28.0. The Balaban J connectivity index is 1.47. The number of ketones is 2. The molecule has 0 bridgehead atoms. The predicted octanol–water partition coefficient (Wildman–Crippen LogP) is 9.21. The van der Waals surface area contributed by atoms with Gasteiger partial charge in [-0.2, -0.15) is 0 Å². The molecule has 1 saturated carbocycles. The SMILES string of the molecule is CN(C)Cc1ccc2c(F)c3c(c(OC(=O)OC(C)(C)C)c2c1)C(O)=C1C(=O)[C@]2(O[Si](C)(C)C(C)(C)C)C(=O)c4c(OCc5ccccc5)noc4[C@@H](N(C)C)[C@@H]2C[C@@H]1C3. The summed E-state index contributed by atoms with van der Waals surface area (Å²) in [5.41, 5.74) is -1.63. The zero-order valence-electron chi connectivity index (χ0n) is 36.6. The molecule has 3 aliphatic carbocycles. The number of nitrogens with zero attached hydrogens (tertiary/aromatic N) is 3. The summed E-state index contributed by atoms with van der Waals surface area (Å²) in [5, 5.41) is 16.8. The van der Waals surface area contributed by atoms with E-state index in [1.807, 2.05) is 102 Å². The van der Waals surface area contributed by atoms with Gasteiger partial charge in [-0.3, -0.25) is 14.5 Å². The number of carbonyl (C=O) groups is 3. The van der Waals surface area contributed by atoms with Crippen molar-refractivity contribution in [3.05, 3.63) is 93.5 Å². The number of hydrogen-bond donors (Lipinski definition) is 1. The van der Waals surface area contributed by atoms with Crippen LogP contribution in [-0.4, -0.2) is 85.5 Å². The Labute approximate surface area is 351 Å². The molecule has 320 valence electrons. The van der Waals surface area contributed by atoms with Crippen LogP contribution in [0.15, 0.2) is 58.6 Å². The third-order valence-electron chi connectivity index (χ3n) is 12.3. The fourth-order valence-corrected chi connectivity index (χ4v) is 10.2. The van der Waals surface area contributed by atoms with Gasteiger partial charge in [-0.25, -0.2) is 9.18 Å². The highest BCUT2D eigenvalue weighted by Gasteiger charge is 2.69. The molecule has 3 aromatic carbocycles. The topological polar surface area (TPSA) is 141 Å². The first-order valence-electron chi connectivity index (χ1n) is 20.3. The van der Waals surface area contributed by atoms with Gasteiger partial charge in [0.15, 0.2) is 25.4 Å². The Hall–Kier alpha value is -4.89. The van der Waals surface area contributed by atoms with Gasteiger partial charge in [-0.1, -0.05) is 63.2 Å². The molecule has 7 rings (SSSR count). The van der Waals surface area contributed by atoms with Gasteiger partial charge in [0.25, 0.3) is 5.88 Å². The fourth-order valence-electron chi connectivity index (χ4n) is 8.72. The molecule has 0 unspecified atom stereocenters. The van der Waals surface area contributed by atoms with Gasteiger partial charge < -0.3 is 33.2 Å². The summed E-state index contributed by atoms with van der Waals surface area (Å²) < 4.78 is 48.0. The number of hydrogen-bond acceptors (Lipinski definition) is 12. The van der Waals surface area contributed by atoms with Crippen LogP contribution >= 0.6 is 0 Å². The maximum Gasteiger partial charge on any atom is 0.514 e. The lowest BCUT2D eigenvalue weighted by Crippen LogP contribution is -2.68. The minimum atomic E-state index is -3.02. The standard InChI is InChI=1S/C46H56FN3O9Si/c1-44(2,3)57-43(54)56-38-29-20-26(23-49(7)8)18-19-28(29)35(47)30-21-27-22-31-36(50(9)10)39-34(42(48-58-39)55-24-25-16-14-13-15-17-25)41(53)46(31,59-60(11,12)45(4,5)6)40(52)32(27)37(51)33(30)38/h13-20,27,31,36,51H,21-24H2,1-12H3/t27-,31-,36-,46-/m0/s1. The highest BCUT2D eigenvalue weighted by Crippen LogP contribution is 2.59. The molecule has 0 spiro atoms. The lowest BCUT2D eigenvalue weighted by Gasteiger charge is -2.55. The number of benzene rings is 3. The Morgan fingerprint density at radius 1 is 0.967 bits per heavy atom. The lowest BCUT2D eigenvalue weighted by molar-refractivity contribution is -0.140. The summed E-state index contributed by atoms with van der Waals surface area (Å²) in [6.45, 7) is 15.6. The van der Waals surface area contributed by atoms with Crippen LogP contribution in [0, 0.1) is 17.7 Å². The van der Waals surface area contributed by atoms with Crippen LogP contribution < -0.4 is 9.47 Å². The maximum atomic E-state index is 17.1. The molecule has 3 aliphatic rings. The monoisotopic (exact) mass is 841 g/mol. The molecule has 0 amide bonds. The van der Waals surface area contributed by atoms with Crippen LogP contribution in [0.2, 0.25) is 18.1 Å². The molecule has 0 aliphatic heterocycles. The van der Waals surface area contributed by atoms with Crippen LogP contribution in [0.5, 0.6) is 11.6 Å². The third-order valence-corrected chi connectivity index (χ3v) is 16.8. The molecule has 60 heavy (non-hydrogen) atoms. The molecule has 1 aromatic heterocycles. The number of aliphatic hydroxyl groups excluding tert-OH is 1. The number of ether oxygens (including phenoxy) is 3. The molecule has 0 saturated heterocycles. The summed E-state index contributed by atoms with van der Waals surface area (Å²) in [5.74, 6) is -4.17. The van der Waals surface area contributed by atoms with E-state index in [2.05, 4.69) is 5.16 Å². The van der Waals surface area contributed by atoms with Crippen molar-refractivity contribution < 1.29 is 47.0 Å². The Bertz CT molecular complexity index is 2410. The van der Waals surface area contributed by atoms with E-state index in [1.165, 1.54) is 0 Å². The minimum absolute atomic E-state index is 0.00194. The minimum Gasteiger partial charge on any atom is -0.507 e. The Morgan fingerprint density at radius 2 is 1.65 bits per heavy atom. The van der Waals surface area contributed by atoms with Crippen LogP contribution in [0.1, 0.15) is 92.4 Å². The van der Waals surface area contributed by atoms with E-state index in [-0.39, 0.29) is 69.9 Å². The molecular weight excluding hydrogens is 786 g/mol. The Morgan fingerprint density at radius 3 is 2.27 bits per heavy atom. The third kappa shape index (κ3) is 7.35. The van der Waals surface area contributed by atoms with Crippen molar-refractivity contribution in [2.24, 2.45) is 11.8 Å². The van der Waals surface area contributed by atoms with E-state index in [4.69, 9.17) is 23.2 Å². The van der Waals surface area contributed by atoms with Gasteiger partial charge in [0.2, 0.25) is 11.6 Å². The predicted molar refractivity (Wildman–Crippen MR) is 227 cm³/mol. The average Bonchev–Trinajstić information content (AvgIpc) is 3.55. The van der Waals surface area contributed by atoms with Gasteiger partial charge in [0, 0.05) is 34.4 Å². The van der Waals surface area contributed by atoms with Crippen molar-refractivity contribution in [3.63, 3.8) is 0 Å². The highest BCUT2D eigenvalue weighted by atomic mass is 28.4. The van der Waals surface area contributed by atoms with E-state index in [1.54, 1.807) is 39.0 Å².